The minimum Gasteiger partial charge on any atom is -0.478 e. The van der Waals surface area contributed by atoms with E-state index in [0.717, 1.165) is 0 Å². The van der Waals surface area contributed by atoms with Crippen molar-refractivity contribution in [2.75, 3.05) is 0 Å². The molecule has 5 heteroatoms. The molecule has 0 saturated carbocycles. The fraction of sp³-hybridized carbons (Fsp3) is 0. The zero-order valence-electron chi connectivity index (χ0n) is 9.06. The van der Waals surface area contributed by atoms with Gasteiger partial charge in [-0.3, -0.25) is 0 Å². The maximum atomic E-state index is 13.4. The molecule has 0 aliphatic carbocycles. The fourth-order valence-electron chi connectivity index (χ4n) is 1.42. The number of rotatable bonds is 3. The highest BCUT2D eigenvalue weighted by Crippen LogP contribution is 2.33. The highest BCUT2D eigenvalue weighted by Gasteiger charge is 2.16. The van der Waals surface area contributed by atoms with E-state index >= 15 is 0 Å². The van der Waals surface area contributed by atoms with Crippen LogP contribution in [0.4, 0.5) is 4.39 Å². The average Bonchev–Trinajstić information content (AvgIpc) is 2.34. The Balaban J connectivity index is 2.46. The summed E-state index contributed by atoms with van der Waals surface area (Å²) < 4.78 is 18.7. The number of para-hydroxylation sites is 2. The third-order valence-corrected chi connectivity index (χ3v) is 2.54. The smallest absolute Gasteiger partial charge is 0.339 e. The van der Waals surface area contributed by atoms with Crippen LogP contribution in [0.1, 0.15) is 10.4 Å². The molecule has 0 aliphatic heterocycles. The lowest BCUT2D eigenvalue weighted by Crippen LogP contribution is -2.01. The van der Waals surface area contributed by atoms with Gasteiger partial charge < -0.3 is 9.84 Å². The molecule has 2 aromatic carbocycles. The summed E-state index contributed by atoms with van der Waals surface area (Å²) >= 11 is 5.86. The van der Waals surface area contributed by atoms with Gasteiger partial charge in [-0.15, -0.1) is 0 Å². The Morgan fingerprint density at radius 1 is 1.17 bits per heavy atom. The van der Waals surface area contributed by atoms with Crippen molar-refractivity contribution >= 4 is 17.6 Å². The van der Waals surface area contributed by atoms with Crippen LogP contribution >= 0.6 is 11.6 Å². The predicted molar refractivity (Wildman–Crippen MR) is 64.9 cm³/mol. The first kappa shape index (κ1) is 12.4. The Bertz CT molecular complexity index is 599. The zero-order chi connectivity index (χ0) is 13.1. The highest BCUT2D eigenvalue weighted by molar-refractivity contribution is 6.32. The molecule has 0 heterocycles. The number of ether oxygens (including phenoxy) is 1. The molecule has 92 valence electrons. The van der Waals surface area contributed by atoms with Crippen LogP contribution in [0, 0.1) is 5.82 Å². The minimum atomic E-state index is -1.19. The Morgan fingerprint density at radius 3 is 2.56 bits per heavy atom. The molecule has 0 aromatic heterocycles. The van der Waals surface area contributed by atoms with Crippen molar-refractivity contribution in [3.8, 4) is 11.5 Å². The molecule has 0 spiro atoms. The Hall–Kier alpha value is -2.07. The number of carboxylic acids is 1. The Labute approximate surface area is 107 Å². The van der Waals surface area contributed by atoms with Crippen molar-refractivity contribution in [1.82, 2.24) is 0 Å². The lowest BCUT2D eigenvalue weighted by molar-refractivity contribution is 0.0694. The number of hydrogen-bond acceptors (Lipinski definition) is 2. The summed E-state index contributed by atoms with van der Waals surface area (Å²) in [6.45, 7) is 0. The second kappa shape index (κ2) is 5.06. The van der Waals surface area contributed by atoms with Gasteiger partial charge in [0.1, 0.15) is 5.56 Å². The van der Waals surface area contributed by atoms with Gasteiger partial charge in [0.15, 0.2) is 17.3 Å². The first-order chi connectivity index (χ1) is 8.59. The molecular formula is C13H8ClFO3. The quantitative estimate of drug-likeness (QED) is 0.914. The SMILES string of the molecule is O=C(O)c1cccc(Cl)c1Oc1ccccc1F. The number of carboxylic acid groups (broad SMARTS) is 1. The third kappa shape index (κ3) is 2.43. The molecule has 3 nitrogen and oxygen atoms in total. The van der Waals surface area contributed by atoms with Gasteiger partial charge in [0.25, 0.3) is 0 Å². The molecule has 0 unspecified atom stereocenters. The van der Waals surface area contributed by atoms with Crippen LogP contribution in [0.15, 0.2) is 42.5 Å². The van der Waals surface area contributed by atoms with E-state index in [9.17, 15) is 9.18 Å². The maximum Gasteiger partial charge on any atom is 0.339 e. The lowest BCUT2D eigenvalue weighted by atomic mass is 10.2. The summed E-state index contributed by atoms with van der Waals surface area (Å²) in [4.78, 5) is 11.0. The predicted octanol–water partition coefficient (Wildman–Crippen LogP) is 3.97. The lowest BCUT2D eigenvalue weighted by Gasteiger charge is -2.10. The Kier molecular flexibility index (Phi) is 3.48. The van der Waals surface area contributed by atoms with E-state index in [1.165, 1.54) is 36.4 Å². The van der Waals surface area contributed by atoms with E-state index in [-0.39, 0.29) is 22.1 Å². The summed E-state index contributed by atoms with van der Waals surface area (Å²) in [5.74, 6) is -1.93. The standard InChI is InChI=1S/C13H8ClFO3/c14-9-5-3-4-8(13(16)17)12(9)18-11-7-2-1-6-10(11)15/h1-7H,(H,16,17). The Morgan fingerprint density at radius 2 is 1.89 bits per heavy atom. The molecule has 2 rings (SSSR count). The van der Waals surface area contributed by atoms with Crippen molar-refractivity contribution in [2.24, 2.45) is 0 Å². The molecule has 0 aliphatic rings. The number of carbonyl (C=O) groups is 1. The molecule has 0 radical (unpaired) electrons. The van der Waals surface area contributed by atoms with Gasteiger partial charge in [-0.25, -0.2) is 9.18 Å². The van der Waals surface area contributed by atoms with Gasteiger partial charge in [-0.2, -0.15) is 0 Å². The van der Waals surface area contributed by atoms with E-state index in [4.69, 9.17) is 21.4 Å². The fourth-order valence-corrected chi connectivity index (χ4v) is 1.63. The van der Waals surface area contributed by atoms with Crippen LogP contribution < -0.4 is 4.74 Å². The normalized spacial score (nSPS) is 10.1. The minimum absolute atomic E-state index is 0.0724. The maximum absolute atomic E-state index is 13.4. The summed E-state index contributed by atoms with van der Waals surface area (Å²) in [7, 11) is 0. The van der Waals surface area contributed by atoms with E-state index in [1.807, 2.05) is 0 Å². The van der Waals surface area contributed by atoms with E-state index in [2.05, 4.69) is 0 Å². The van der Waals surface area contributed by atoms with E-state index in [1.54, 1.807) is 6.07 Å². The molecule has 2 aromatic rings. The van der Waals surface area contributed by atoms with E-state index < -0.39 is 11.8 Å². The monoisotopic (exact) mass is 266 g/mol. The largest absolute Gasteiger partial charge is 0.478 e. The van der Waals surface area contributed by atoms with Crippen molar-refractivity contribution in [1.29, 1.82) is 0 Å². The van der Waals surface area contributed by atoms with Crippen molar-refractivity contribution in [3.63, 3.8) is 0 Å². The van der Waals surface area contributed by atoms with Crippen LogP contribution in [0.25, 0.3) is 0 Å². The average molecular weight is 267 g/mol. The molecule has 18 heavy (non-hydrogen) atoms. The van der Waals surface area contributed by atoms with Crippen LogP contribution in [0.3, 0.4) is 0 Å². The topological polar surface area (TPSA) is 46.5 Å². The second-order valence-electron chi connectivity index (χ2n) is 3.45. The molecule has 1 N–H and O–H groups in total. The highest BCUT2D eigenvalue weighted by atomic mass is 35.5. The molecular weight excluding hydrogens is 259 g/mol. The first-order valence-corrected chi connectivity index (χ1v) is 5.41. The van der Waals surface area contributed by atoms with E-state index in [0.29, 0.717) is 0 Å². The number of aromatic carboxylic acids is 1. The second-order valence-corrected chi connectivity index (χ2v) is 3.86. The summed E-state index contributed by atoms with van der Waals surface area (Å²) in [6.07, 6.45) is 0. The molecule has 0 atom stereocenters. The van der Waals surface area contributed by atoms with Crippen molar-refractivity contribution in [3.05, 3.63) is 58.9 Å². The number of hydrogen-bond donors (Lipinski definition) is 1. The molecule has 0 bridgehead atoms. The van der Waals surface area contributed by atoms with Crippen LogP contribution in [-0.4, -0.2) is 11.1 Å². The van der Waals surface area contributed by atoms with Crippen LogP contribution in [0.5, 0.6) is 11.5 Å². The molecule has 0 fully saturated rings. The van der Waals surface area contributed by atoms with Gasteiger partial charge in [0.2, 0.25) is 0 Å². The molecule has 0 amide bonds. The molecule has 0 saturated heterocycles. The van der Waals surface area contributed by atoms with Gasteiger partial charge in [0, 0.05) is 0 Å². The zero-order valence-corrected chi connectivity index (χ0v) is 9.82. The number of benzene rings is 2. The van der Waals surface area contributed by atoms with Gasteiger partial charge in [-0.1, -0.05) is 29.8 Å². The number of halogens is 2. The van der Waals surface area contributed by atoms with Crippen LogP contribution in [-0.2, 0) is 0 Å². The van der Waals surface area contributed by atoms with Crippen molar-refractivity contribution < 1.29 is 19.0 Å². The van der Waals surface area contributed by atoms with Gasteiger partial charge in [-0.05, 0) is 24.3 Å². The third-order valence-electron chi connectivity index (χ3n) is 2.25. The van der Waals surface area contributed by atoms with Gasteiger partial charge in [0.05, 0.1) is 5.02 Å². The van der Waals surface area contributed by atoms with Gasteiger partial charge >= 0.3 is 5.97 Å². The summed E-state index contributed by atoms with van der Waals surface area (Å²) in [5.41, 5.74) is -0.120. The summed E-state index contributed by atoms with van der Waals surface area (Å²) in [6, 6.07) is 9.99. The van der Waals surface area contributed by atoms with Crippen molar-refractivity contribution in [2.45, 2.75) is 0 Å². The summed E-state index contributed by atoms with van der Waals surface area (Å²) in [5, 5.41) is 9.11. The van der Waals surface area contributed by atoms with Crippen LogP contribution in [0.2, 0.25) is 5.02 Å². The first-order valence-electron chi connectivity index (χ1n) is 5.04.